The Balaban J connectivity index is 2.55. The minimum atomic E-state index is -4.46. The number of hydrogen-bond donors (Lipinski definition) is 1. The summed E-state index contributed by atoms with van der Waals surface area (Å²) in [5.41, 5.74) is 5.45. The van der Waals surface area contributed by atoms with Crippen molar-refractivity contribution in [2.24, 2.45) is 5.73 Å². The summed E-state index contributed by atoms with van der Waals surface area (Å²) in [6.45, 7) is 0. The lowest BCUT2D eigenvalue weighted by Crippen LogP contribution is -2.14. The van der Waals surface area contributed by atoms with E-state index in [4.69, 9.17) is 22.7 Å². The maximum Gasteiger partial charge on any atom is 0.419 e. The fraction of sp³-hybridized carbons (Fsp3) is 0.167. The molecule has 1 aromatic carbocycles. The molecule has 106 valence electrons. The number of halogens is 3. The smallest absolute Gasteiger partial charge is 0.419 e. The Bertz CT molecular complexity index is 652. The number of ether oxygens (including phenoxy) is 1. The Morgan fingerprint density at radius 1 is 1.40 bits per heavy atom. The van der Waals surface area contributed by atoms with Gasteiger partial charge in [-0.15, -0.1) is 0 Å². The lowest BCUT2D eigenvalue weighted by Gasteiger charge is -2.10. The van der Waals surface area contributed by atoms with Crippen molar-refractivity contribution in [3.05, 3.63) is 41.7 Å². The summed E-state index contributed by atoms with van der Waals surface area (Å²) < 4.78 is 43.9. The molecule has 20 heavy (non-hydrogen) atoms. The molecule has 0 aliphatic heterocycles. The molecule has 2 aromatic rings. The van der Waals surface area contributed by atoms with Crippen LogP contribution in [0.1, 0.15) is 11.1 Å². The molecule has 0 atom stereocenters. The highest BCUT2D eigenvalue weighted by molar-refractivity contribution is 7.80. The highest BCUT2D eigenvalue weighted by Crippen LogP contribution is 2.30. The van der Waals surface area contributed by atoms with E-state index in [2.05, 4.69) is 5.10 Å². The first-order valence-corrected chi connectivity index (χ1v) is 5.84. The second-order valence-corrected chi connectivity index (χ2v) is 4.36. The van der Waals surface area contributed by atoms with Crippen LogP contribution in [0.3, 0.4) is 0 Å². The molecule has 2 rings (SSSR count). The highest BCUT2D eigenvalue weighted by Gasteiger charge is 2.32. The summed E-state index contributed by atoms with van der Waals surface area (Å²) in [4.78, 5) is 0.0618. The van der Waals surface area contributed by atoms with E-state index in [1.165, 1.54) is 13.2 Å². The van der Waals surface area contributed by atoms with Crippen molar-refractivity contribution in [1.82, 2.24) is 9.78 Å². The van der Waals surface area contributed by atoms with Crippen molar-refractivity contribution in [1.29, 1.82) is 0 Å². The Morgan fingerprint density at radius 3 is 2.60 bits per heavy atom. The van der Waals surface area contributed by atoms with Crippen molar-refractivity contribution in [3.63, 3.8) is 0 Å². The molecule has 0 radical (unpaired) electrons. The van der Waals surface area contributed by atoms with Crippen LogP contribution in [0.15, 0.2) is 30.6 Å². The zero-order valence-corrected chi connectivity index (χ0v) is 11.1. The molecule has 0 bridgehead atoms. The van der Waals surface area contributed by atoms with Gasteiger partial charge in [-0.2, -0.15) is 18.3 Å². The summed E-state index contributed by atoms with van der Waals surface area (Å²) in [5.74, 6) is 0.462. The maximum atomic E-state index is 12.6. The number of benzene rings is 1. The van der Waals surface area contributed by atoms with E-state index in [-0.39, 0.29) is 4.99 Å². The van der Waals surface area contributed by atoms with Gasteiger partial charge in [0.1, 0.15) is 10.7 Å². The first-order valence-electron chi connectivity index (χ1n) is 5.43. The number of nitrogens with zero attached hydrogens (tertiary/aromatic N) is 2. The molecule has 0 unspecified atom stereocenters. The molecule has 0 saturated heterocycles. The highest BCUT2D eigenvalue weighted by atomic mass is 32.1. The van der Waals surface area contributed by atoms with Crippen LogP contribution in [-0.4, -0.2) is 21.9 Å². The summed E-state index contributed by atoms with van der Waals surface area (Å²) in [7, 11) is 1.45. The molecule has 2 N–H and O–H groups in total. The van der Waals surface area contributed by atoms with Crippen LogP contribution in [0.25, 0.3) is 5.69 Å². The molecule has 8 heteroatoms. The van der Waals surface area contributed by atoms with Gasteiger partial charge in [0, 0.05) is 17.8 Å². The number of hydrogen-bond acceptors (Lipinski definition) is 3. The first kappa shape index (κ1) is 14.3. The van der Waals surface area contributed by atoms with Gasteiger partial charge in [0.2, 0.25) is 0 Å². The largest absolute Gasteiger partial charge is 0.497 e. The van der Waals surface area contributed by atoms with Gasteiger partial charge < -0.3 is 10.5 Å². The molecule has 1 heterocycles. The number of nitrogens with two attached hydrogens (primary N) is 1. The third-order valence-electron chi connectivity index (χ3n) is 2.63. The van der Waals surface area contributed by atoms with E-state index in [1.807, 2.05) is 0 Å². The second kappa shape index (κ2) is 5.12. The summed E-state index contributed by atoms with van der Waals surface area (Å²) >= 11 is 4.88. The van der Waals surface area contributed by atoms with Crippen molar-refractivity contribution < 1.29 is 17.9 Å². The predicted molar refractivity (Wildman–Crippen MR) is 71.0 cm³/mol. The van der Waals surface area contributed by atoms with Gasteiger partial charge in [-0.3, -0.25) is 0 Å². The summed E-state index contributed by atoms with van der Waals surface area (Å²) in [6, 6.07) is 4.71. The van der Waals surface area contributed by atoms with E-state index in [9.17, 15) is 13.2 Å². The van der Waals surface area contributed by atoms with Crippen molar-refractivity contribution in [2.75, 3.05) is 7.11 Å². The lowest BCUT2D eigenvalue weighted by atomic mass is 10.1. The fourth-order valence-corrected chi connectivity index (χ4v) is 1.81. The first-order chi connectivity index (χ1) is 9.32. The molecule has 4 nitrogen and oxygen atoms in total. The van der Waals surface area contributed by atoms with E-state index in [0.29, 0.717) is 17.0 Å². The molecule has 0 amide bonds. The van der Waals surface area contributed by atoms with Gasteiger partial charge in [0.05, 0.1) is 24.6 Å². The number of thiocarbonyl (C=S) groups is 1. The Hall–Kier alpha value is -2.09. The zero-order chi connectivity index (χ0) is 14.9. The molecule has 0 spiro atoms. The molecular weight excluding hydrogens is 291 g/mol. The fourth-order valence-electron chi connectivity index (χ4n) is 1.64. The quantitative estimate of drug-likeness (QED) is 0.885. The average molecular weight is 301 g/mol. The van der Waals surface area contributed by atoms with Crippen LogP contribution in [0.4, 0.5) is 13.2 Å². The normalized spacial score (nSPS) is 11.4. The molecule has 1 aromatic heterocycles. The topological polar surface area (TPSA) is 53.1 Å². The van der Waals surface area contributed by atoms with E-state index in [1.54, 1.807) is 12.1 Å². The van der Waals surface area contributed by atoms with E-state index >= 15 is 0 Å². The molecule has 0 aliphatic carbocycles. The van der Waals surface area contributed by atoms with Crippen molar-refractivity contribution in [2.45, 2.75) is 6.18 Å². The number of alkyl halides is 3. The van der Waals surface area contributed by atoms with Gasteiger partial charge >= 0.3 is 6.18 Å². The minimum absolute atomic E-state index is 0.0618. The van der Waals surface area contributed by atoms with Gasteiger partial charge in [-0.25, -0.2) is 4.68 Å². The number of rotatable bonds is 3. The standard InChI is InChI=1S/C12H10F3N3OS/c1-19-8-2-3-9(11(16)20)10(4-8)18-6-7(5-17-18)12(13,14)15/h2-6H,1H3,(H2,16,20). The van der Waals surface area contributed by atoms with Crippen LogP contribution in [0, 0.1) is 0 Å². The van der Waals surface area contributed by atoms with Gasteiger partial charge in [-0.05, 0) is 12.1 Å². The molecular formula is C12H10F3N3OS. The molecule has 0 fully saturated rings. The average Bonchev–Trinajstić information content (AvgIpc) is 2.87. The van der Waals surface area contributed by atoms with Crippen LogP contribution in [0.5, 0.6) is 5.75 Å². The third-order valence-corrected chi connectivity index (χ3v) is 2.85. The van der Waals surface area contributed by atoms with Crippen LogP contribution in [-0.2, 0) is 6.18 Å². The number of methoxy groups -OCH3 is 1. The van der Waals surface area contributed by atoms with E-state index < -0.39 is 11.7 Å². The van der Waals surface area contributed by atoms with Crippen LogP contribution in [0.2, 0.25) is 0 Å². The lowest BCUT2D eigenvalue weighted by molar-refractivity contribution is -0.137. The minimum Gasteiger partial charge on any atom is -0.497 e. The zero-order valence-electron chi connectivity index (χ0n) is 10.3. The van der Waals surface area contributed by atoms with Crippen molar-refractivity contribution >= 4 is 17.2 Å². The van der Waals surface area contributed by atoms with Crippen LogP contribution >= 0.6 is 12.2 Å². The second-order valence-electron chi connectivity index (χ2n) is 3.92. The molecule has 0 saturated carbocycles. The Kier molecular flexibility index (Phi) is 3.67. The molecule has 0 aliphatic rings. The van der Waals surface area contributed by atoms with E-state index in [0.717, 1.165) is 17.1 Å². The Labute approximate surface area is 117 Å². The predicted octanol–water partition coefficient (Wildman–Crippen LogP) is 2.53. The van der Waals surface area contributed by atoms with Crippen molar-refractivity contribution in [3.8, 4) is 11.4 Å². The Morgan fingerprint density at radius 2 is 2.10 bits per heavy atom. The maximum absolute atomic E-state index is 12.6. The third kappa shape index (κ3) is 2.74. The van der Waals surface area contributed by atoms with Gasteiger partial charge in [0.25, 0.3) is 0 Å². The monoisotopic (exact) mass is 301 g/mol. The van der Waals surface area contributed by atoms with Gasteiger partial charge in [-0.1, -0.05) is 12.2 Å². The summed E-state index contributed by atoms with van der Waals surface area (Å²) in [5, 5.41) is 3.70. The number of aromatic nitrogens is 2. The SMILES string of the molecule is COc1ccc(C(N)=S)c(-n2cc(C(F)(F)F)cn2)c1. The summed E-state index contributed by atoms with van der Waals surface area (Å²) in [6.07, 6.45) is -2.85. The van der Waals surface area contributed by atoms with Crippen LogP contribution < -0.4 is 10.5 Å². The van der Waals surface area contributed by atoms with Gasteiger partial charge in [0.15, 0.2) is 0 Å².